The molecule has 0 saturated heterocycles. The summed E-state index contributed by atoms with van der Waals surface area (Å²) in [6.45, 7) is 2.46. The van der Waals surface area contributed by atoms with Crippen LogP contribution < -0.4 is 5.32 Å². The monoisotopic (exact) mass is 288 g/mol. The average Bonchev–Trinajstić information content (AvgIpc) is 2.09. The van der Waals surface area contributed by atoms with E-state index < -0.39 is 27.8 Å². The molecule has 1 radical (unpaired) electrons. The minimum absolute atomic E-state index is 0. The van der Waals surface area contributed by atoms with E-state index in [0.717, 1.165) is 19.3 Å². The van der Waals surface area contributed by atoms with Gasteiger partial charge in [-0.1, -0.05) is 19.8 Å². The van der Waals surface area contributed by atoms with E-state index in [9.17, 15) is 13.2 Å². The van der Waals surface area contributed by atoms with Gasteiger partial charge in [-0.3, -0.25) is 9.35 Å². The number of amides is 1. The van der Waals surface area contributed by atoms with Gasteiger partial charge in [0.05, 0.1) is 5.75 Å². The third-order valence-electron chi connectivity index (χ3n) is 1.77. The van der Waals surface area contributed by atoms with Crippen LogP contribution in [-0.2, 0) is 33.5 Å². The van der Waals surface area contributed by atoms with Gasteiger partial charge >= 0.3 is 0 Å². The van der Waals surface area contributed by atoms with E-state index in [1.54, 1.807) is 0 Å². The van der Waals surface area contributed by atoms with Gasteiger partial charge in [-0.25, -0.2) is 0 Å². The van der Waals surface area contributed by atoms with Crippen LogP contribution >= 0.6 is 0 Å². The van der Waals surface area contributed by atoms with E-state index in [1.807, 2.05) is 6.92 Å². The number of carbonyl (C=O) groups is 1. The Morgan fingerprint density at radius 1 is 1.44 bits per heavy atom. The molecular formula is C8H17N2O4SV-. The van der Waals surface area contributed by atoms with Crippen molar-refractivity contribution in [2.24, 2.45) is 0 Å². The third kappa shape index (κ3) is 10.4. The van der Waals surface area contributed by atoms with Crippen LogP contribution in [0.15, 0.2) is 0 Å². The fourth-order valence-electron chi connectivity index (χ4n) is 0.996. The summed E-state index contributed by atoms with van der Waals surface area (Å²) in [6.07, 6.45) is 2.80. The molecule has 0 aliphatic carbocycles. The Morgan fingerprint density at radius 3 is 2.44 bits per heavy atom. The van der Waals surface area contributed by atoms with Crippen LogP contribution in [0, 0.1) is 0 Å². The summed E-state index contributed by atoms with van der Waals surface area (Å²) in [5.41, 5.74) is 7.16. The van der Waals surface area contributed by atoms with E-state index in [1.165, 1.54) is 0 Å². The maximum absolute atomic E-state index is 11.1. The molecule has 0 rings (SSSR count). The molecule has 0 fully saturated rings. The Morgan fingerprint density at radius 2 is 2.00 bits per heavy atom. The second-order valence-corrected chi connectivity index (χ2v) is 4.80. The van der Waals surface area contributed by atoms with Crippen molar-refractivity contribution >= 4 is 16.0 Å². The van der Waals surface area contributed by atoms with Crippen molar-refractivity contribution in [3.63, 3.8) is 0 Å². The van der Waals surface area contributed by atoms with Crippen LogP contribution in [0.5, 0.6) is 0 Å². The van der Waals surface area contributed by atoms with Crippen molar-refractivity contribution in [3.8, 4) is 0 Å². The van der Waals surface area contributed by atoms with E-state index in [4.69, 9.17) is 10.3 Å². The second-order valence-electron chi connectivity index (χ2n) is 3.30. The number of nitrogens with one attached hydrogen (secondary N) is 2. The van der Waals surface area contributed by atoms with E-state index >= 15 is 0 Å². The molecule has 0 saturated carbocycles. The molecule has 6 nitrogen and oxygen atoms in total. The van der Waals surface area contributed by atoms with Gasteiger partial charge in [0.15, 0.2) is 0 Å². The van der Waals surface area contributed by atoms with Crippen LogP contribution in [0.2, 0.25) is 0 Å². The molecule has 1 atom stereocenters. The summed E-state index contributed by atoms with van der Waals surface area (Å²) in [4.78, 5) is 11.1. The van der Waals surface area contributed by atoms with Crippen LogP contribution in [-0.4, -0.2) is 37.2 Å². The Bertz CT molecular complexity index is 294. The van der Waals surface area contributed by atoms with Crippen LogP contribution in [0.25, 0.3) is 5.73 Å². The number of hydrogen-bond donors (Lipinski definition) is 2. The van der Waals surface area contributed by atoms with Crippen LogP contribution in [0.4, 0.5) is 0 Å². The van der Waals surface area contributed by atoms with Crippen molar-refractivity contribution in [2.45, 2.75) is 32.2 Å². The predicted molar refractivity (Wildman–Crippen MR) is 57.1 cm³/mol. The van der Waals surface area contributed by atoms with Gasteiger partial charge in [-0.05, 0) is 12.5 Å². The number of carbonyl (C=O) groups excluding carboxylic acids is 1. The van der Waals surface area contributed by atoms with Gasteiger partial charge in [-0.2, -0.15) is 8.42 Å². The minimum Gasteiger partial charge on any atom is -0.666 e. The zero-order valence-electron chi connectivity index (χ0n) is 9.14. The smallest absolute Gasteiger partial charge is 0.263 e. The zero-order valence-corrected chi connectivity index (χ0v) is 11.4. The molecule has 0 aromatic rings. The molecule has 0 aromatic carbocycles. The van der Waals surface area contributed by atoms with Gasteiger partial charge in [0.1, 0.15) is 0 Å². The van der Waals surface area contributed by atoms with E-state index in [2.05, 4.69) is 5.32 Å². The van der Waals surface area contributed by atoms with Gasteiger partial charge in [-0.15, -0.1) is 0 Å². The molecule has 95 valence electrons. The molecule has 1 amide bonds. The first kappa shape index (κ1) is 18.3. The maximum Gasteiger partial charge on any atom is 0.263 e. The Kier molecular flexibility index (Phi) is 10.3. The molecule has 0 aliphatic rings. The first-order valence-electron chi connectivity index (χ1n) is 4.80. The zero-order chi connectivity index (χ0) is 11.9. The summed E-state index contributed by atoms with van der Waals surface area (Å²) in [5, 5.41) is 2.44. The minimum atomic E-state index is -4.25. The molecule has 16 heavy (non-hydrogen) atoms. The number of hydrogen-bond acceptors (Lipinski definition) is 3. The molecule has 8 heteroatoms. The van der Waals surface area contributed by atoms with Crippen molar-refractivity contribution in [1.29, 1.82) is 0 Å². The Hall–Kier alpha value is -0.0756. The normalized spacial score (nSPS) is 12.7. The average molecular weight is 288 g/mol. The number of rotatable bonds is 7. The van der Waals surface area contributed by atoms with Crippen molar-refractivity contribution in [1.82, 2.24) is 5.32 Å². The SMILES string of the molecule is CCCCCNC(=O)C([NH-])CS(=O)(=O)O.[V]. The first-order chi connectivity index (χ1) is 6.87. The van der Waals surface area contributed by atoms with Crippen molar-refractivity contribution in [3.05, 3.63) is 5.73 Å². The summed E-state index contributed by atoms with van der Waals surface area (Å²) in [6, 6.07) is -1.46. The summed E-state index contributed by atoms with van der Waals surface area (Å²) >= 11 is 0. The van der Waals surface area contributed by atoms with Gasteiger partial charge in [0, 0.05) is 25.1 Å². The molecule has 0 spiro atoms. The van der Waals surface area contributed by atoms with Gasteiger partial charge in [0.25, 0.3) is 10.1 Å². The van der Waals surface area contributed by atoms with Crippen LogP contribution in [0.1, 0.15) is 26.2 Å². The Balaban J connectivity index is 0. The topological polar surface area (TPSA) is 107 Å². The Labute approximate surface area is 108 Å². The maximum atomic E-state index is 11.1. The summed E-state index contributed by atoms with van der Waals surface area (Å²) in [7, 11) is -4.25. The summed E-state index contributed by atoms with van der Waals surface area (Å²) in [5.74, 6) is -1.52. The fraction of sp³-hybridized carbons (Fsp3) is 0.875. The van der Waals surface area contributed by atoms with E-state index in [-0.39, 0.29) is 18.6 Å². The van der Waals surface area contributed by atoms with Crippen molar-refractivity contribution < 1.29 is 36.3 Å². The molecule has 1 unspecified atom stereocenters. The molecule has 0 aromatic heterocycles. The molecule has 0 heterocycles. The first-order valence-corrected chi connectivity index (χ1v) is 6.41. The third-order valence-corrected chi connectivity index (χ3v) is 2.53. The molecular weight excluding hydrogens is 271 g/mol. The fourth-order valence-corrected chi connectivity index (χ4v) is 1.57. The van der Waals surface area contributed by atoms with Crippen LogP contribution in [0.3, 0.4) is 0 Å². The standard InChI is InChI=1S/C8H17N2O4S.V/c1-2-3-4-5-10-8(11)7(9)6-15(12,13)14;/h7,9H,2-6H2,1H3,(H,10,11)(H,12,13,14);/q-1;. The largest absolute Gasteiger partial charge is 0.666 e. The molecule has 0 aliphatic heterocycles. The quantitative estimate of drug-likeness (QED) is 0.528. The van der Waals surface area contributed by atoms with Gasteiger partial charge < -0.3 is 11.1 Å². The second kappa shape index (κ2) is 9.01. The summed E-state index contributed by atoms with van der Waals surface area (Å²) < 4.78 is 29.2. The molecule has 0 bridgehead atoms. The molecule has 3 N–H and O–H groups in total. The van der Waals surface area contributed by atoms with Gasteiger partial charge in [0.2, 0.25) is 5.91 Å². The number of unbranched alkanes of at least 4 members (excludes halogenated alkanes) is 2. The predicted octanol–water partition coefficient (Wildman–Crippen LogP) is 0.599. The van der Waals surface area contributed by atoms with Crippen molar-refractivity contribution in [2.75, 3.05) is 12.3 Å². The van der Waals surface area contributed by atoms with E-state index in [0.29, 0.717) is 6.54 Å².